The number of hydrogen-bond acceptors (Lipinski definition) is 5. The number of aromatic nitrogens is 1. The van der Waals surface area contributed by atoms with E-state index in [9.17, 15) is 27.6 Å². The van der Waals surface area contributed by atoms with Crippen LogP contribution in [0.4, 0.5) is 24.5 Å². The Kier molecular flexibility index (Phi) is 7.62. The first kappa shape index (κ1) is 23.0. The molecule has 3 N–H and O–H groups in total. The van der Waals surface area contributed by atoms with Crippen molar-refractivity contribution in [3.63, 3.8) is 0 Å². The minimum Gasteiger partial charge on any atom is -0.355 e. The van der Waals surface area contributed by atoms with Crippen molar-refractivity contribution in [2.75, 3.05) is 17.2 Å². The largest absolute Gasteiger partial charge is 0.471 e. The van der Waals surface area contributed by atoms with E-state index in [0.29, 0.717) is 23.4 Å². The molecule has 1 aromatic carbocycles. The molecule has 2 amide bonds. The molecule has 2 aromatic rings. The fraction of sp³-hybridized carbons (Fsp3) is 0.263. The van der Waals surface area contributed by atoms with Gasteiger partial charge in [-0.3, -0.25) is 19.0 Å². The number of nitrogens with zero attached hydrogens (tertiary/aromatic N) is 1. The molecule has 30 heavy (non-hydrogen) atoms. The molecule has 7 nitrogen and oxygen atoms in total. The molecule has 0 unspecified atom stereocenters. The summed E-state index contributed by atoms with van der Waals surface area (Å²) in [4.78, 5) is 35.2. The first-order valence-electron chi connectivity index (χ1n) is 8.84. The Morgan fingerprint density at radius 1 is 1.23 bits per heavy atom. The predicted octanol–water partition coefficient (Wildman–Crippen LogP) is 1.35. The van der Waals surface area contributed by atoms with Gasteiger partial charge in [-0.1, -0.05) is 11.8 Å². The van der Waals surface area contributed by atoms with Gasteiger partial charge in [-0.05, 0) is 32.0 Å². The van der Waals surface area contributed by atoms with E-state index in [1.54, 1.807) is 25.2 Å². The number of thiazole rings is 1. The molecule has 0 spiro atoms. The lowest BCUT2D eigenvalue weighted by Crippen LogP contribution is -2.31. The Balaban J connectivity index is 2.29. The fourth-order valence-electron chi connectivity index (χ4n) is 2.34. The standard InChI is InChI=1S/C19H19F3N4O3S/c1-3-23-15(27)11-16-26(4-2)17(28)14(30-16)8-9-24-12-6-5-7-13(10-12)25-18(29)19(20,21)22/h5-7,9-11,24H,3-4H2,1-2H3,(H,23,27)(H,25,29)/b16-11-. The molecule has 0 saturated heterocycles. The minimum atomic E-state index is -4.99. The zero-order valence-electron chi connectivity index (χ0n) is 16.1. The van der Waals surface area contributed by atoms with Gasteiger partial charge in [0.05, 0.1) is 0 Å². The fourth-order valence-corrected chi connectivity index (χ4v) is 3.35. The van der Waals surface area contributed by atoms with Gasteiger partial charge in [0.2, 0.25) is 5.91 Å². The lowest BCUT2D eigenvalue weighted by Gasteiger charge is -2.09. The molecule has 0 fully saturated rings. The van der Waals surface area contributed by atoms with E-state index in [1.165, 1.54) is 35.0 Å². The second kappa shape index (κ2) is 9.95. The van der Waals surface area contributed by atoms with E-state index in [1.807, 2.05) is 0 Å². The number of halogens is 3. The third kappa shape index (κ3) is 6.10. The number of anilines is 2. The van der Waals surface area contributed by atoms with Crippen LogP contribution in [0.3, 0.4) is 0 Å². The first-order valence-corrected chi connectivity index (χ1v) is 9.66. The van der Waals surface area contributed by atoms with Gasteiger partial charge in [-0.25, -0.2) is 0 Å². The summed E-state index contributed by atoms with van der Waals surface area (Å²) >= 11 is 1.08. The maximum Gasteiger partial charge on any atom is 0.471 e. The molecule has 0 aliphatic rings. The normalized spacial score (nSPS) is 11.6. The summed E-state index contributed by atoms with van der Waals surface area (Å²) in [6, 6.07) is 5.63. The van der Waals surface area contributed by atoms with E-state index in [-0.39, 0.29) is 21.7 Å². The Labute approximate surface area is 173 Å². The molecule has 1 aromatic heterocycles. The summed E-state index contributed by atoms with van der Waals surface area (Å²) in [5, 5.41) is 7.16. The second-order valence-electron chi connectivity index (χ2n) is 5.82. The van der Waals surface area contributed by atoms with Crippen molar-refractivity contribution >= 4 is 46.3 Å². The summed E-state index contributed by atoms with van der Waals surface area (Å²) in [5.41, 5.74) is 2.80. The van der Waals surface area contributed by atoms with Gasteiger partial charge in [-0.2, -0.15) is 13.2 Å². The van der Waals surface area contributed by atoms with Crippen LogP contribution < -0.4 is 30.7 Å². The van der Waals surface area contributed by atoms with Crippen LogP contribution >= 0.6 is 11.3 Å². The molecule has 160 valence electrons. The van der Waals surface area contributed by atoms with Crippen LogP contribution in [-0.4, -0.2) is 29.1 Å². The number of benzene rings is 1. The van der Waals surface area contributed by atoms with Crippen LogP contribution in [0.2, 0.25) is 0 Å². The van der Waals surface area contributed by atoms with Gasteiger partial charge in [0, 0.05) is 36.7 Å². The maximum absolute atomic E-state index is 12.4. The Morgan fingerprint density at radius 3 is 2.57 bits per heavy atom. The van der Waals surface area contributed by atoms with Crippen molar-refractivity contribution in [1.29, 1.82) is 0 Å². The van der Waals surface area contributed by atoms with Crippen LogP contribution in [0.5, 0.6) is 0 Å². The van der Waals surface area contributed by atoms with Crippen molar-refractivity contribution in [3.05, 3.63) is 50.0 Å². The van der Waals surface area contributed by atoms with E-state index >= 15 is 0 Å². The number of carbonyl (C=O) groups is 2. The van der Waals surface area contributed by atoms with Gasteiger partial charge >= 0.3 is 12.1 Å². The Morgan fingerprint density at radius 2 is 1.93 bits per heavy atom. The molecule has 0 aliphatic carbocycles. The number of nitrogens with one attached hydrogen (secondary N) is 3. The number of carbonyl (C=O) groups excluding carboxylic acids is 2. The maximum atomic E-state index is 12.4. The molecule has 0 atom stereocenters. The average molecular weight is 440 g/mol. The zero-order valence-corrected chi connectivity index (χ0v) is 16.9. The zero-order chi connectivity index (χ0) is 22.3. The van der Waals surface area contributed by atoms with E-state index < -0.39 is 12.1 Å². The lowest BCUT2D eigenvalue weighted by atomic mass is 10.2. The van der Waals surface area contributed by atoms with Crippen LogP contribution in [0, 0.1) is 0 Å². The summed E-state index contributed by atoms with van der Waals surface area (Å²) in [6.07, 6.45) is -2.32. The van der Waals surface area contributed by atoms with Crippen LogP contribution in [0.15, 0.2) is 35.3 Å². The highest BCUT2D eigenvalue weighted by atomic mass is 32.1. The second-order valence-corrected chi connectivity index (χ2v) is 6.85. The van der Waals surface area contributed by atoms with E-state index in [2.05, 4.69) is 16.4 Å². The van der Waals surface area contributed by atoms with Gasteiger partial charge in [-0.15, -0.1) is 11.3 Å². The first-order chi connectivity index (χ1) is 14.2. The Hall–Kier alpha value is -3.30. The smallest absolute Gasteiger partial charge is 0.355 e. The highest BCUT2D eigenvalue weighted by Gasteiger charge is 2.38. The minimum absolute atomic E-state index is 0.0426. The van der Waals surface area contributed by atoms with E-state index in [4.69, 9.17) is 0 Å². The summed E-state index contributed by atoms with van der Waals surface area (Å²) < 4.78 is 39.2. The highest BCUT2D eigenvalue weighted by Crippen LogP contribution is 2.20. The van der Waals surface area contributed by atoms with Crippen molar-refractivity contribution in [3.8, 4) is 0 Å². The van der Waals surface area contributed by atoms with Crippen LogP contribution in [0.1, 0.15) is 13.8 Å². The molecule has 1 heterocycles. The topological polar surface area (TPSA) is 92.2 Å². The third-order valence-electron chi connectivity index (χ3n) is 3.65. The number of hydrogen-bond donors (Lipinski definition) is 3. The number of amides is 2. The third-order valence-corrected chi connectivity index (χ3v) is 4.70. The van der Waals surface area contributed by atoms with E-state index in [0.717, 1.165) is 11.3 Å². The number of rotatable bonds is 6. The van der Waals surface area contributed by atoms with Gasteiger partial charge in [0.1, 0.15) is 9.20 Å². The molecule has 0 aliphatic heterocycles. The van der Waals surface area contributed by atoms with Crippen LogP contribution in [0.25, 0.3) is 11.8 Å². The van der Waals surface area contributed by atoms with Crippen molar-refractivity contribution in [1.82, 2.24) is 9.88 Å². The lowest BCUT2D eigenvalue weighted by molar-refractivity contribution is -0.167. The van der Waals surface area contributed by atoms with Crippen molar-refractivity contribution in [2.45, 2.75) is 26.6 Å². The highest BCUT2D eigenvalue weighted by molar-refractivity contribution is 7.07. The summed E-state index contributed by atoms with van der Waals surface area (Å²) in [7, 11) is 0. The Bertz CT molecular complexity index is 1140. The van der Waals surface area contributed by atoms with Crippen molar-refractivity contribution < 1.29 is 22.8 Å². The molecular weight excluding hydrogens is 421 g/mol. The molecule has 11 heteroatoms. The molecular formula is C19H19F3N4O3S. The predicted molar refractivity (Wildman–Crippen MR) is 109 cm³/mol. The van der Waals surface area contributed by atoms with Gasteiger partial charge in [0.25, 0.3) is 5.56 Å². The SMILES string of the molecule is CCNC(=O)/C=c1\sc(=C=CNc2cccc(NC(=O)C(F)(F)F)c2)c(=O)n1CC. The quantitative estimate of drug-likeness (QED) is 0.633. The molecule has 0 saturated carbocycles. The molecule has 0 radical (unpaired) electrons. The summed E-state index contributed by atoms with van der Waals surface area (Å²) in [6.45, 7) is 4.39. The summed E-state index contributed by atoms with van der Waals surface area (Å²) in [5.74, 6) is -2.39. The number of alkyl halides is 3. The molecule has 2 rings (SSSR count). The van der Waals surface area contributed by atoms with Crippen LogP contribution in [-0.2, 0) is 16.1 Å². The van der Waals surface area contributed by atoms with Gasteiger partial charge < -0.3 is 16.0 Å². The monoisotopic (exact) mass is 440 g/mol. The average Bonchev–Trinajstić information content (AvgIpc) is 2.96. The van der Waals surface area contributed by atoms with Crippen molar-refractivity contribution in [2.24, 2.45) is 0 Å². The van der Waals surface area contributed by atoms with Gasteiger partial charge in [0.15, 0.2) is 0 Å². The molecule has 0 bridgehead atoms.